The van der Waals surface area contributed by atoms with Crippen molar-refractivity contribution in [1.82, 2.24) is 0 Å². The zero-order valence-corrected chi connectivity index (χ0v) is 20.4. The molecular weight excluding hydrogens is 472 g/mol. The standard InChI is InChI=1S/C27H26N6O2S/c28-24(20-11-5-7-13-22(20)33-14-16-36-17-15-33)35-27(29)32-25-26(34)30-21-12-6-4-10-19(21)23(31-25)18-8-2-1-3-9-18/h1-13,25,28H,14-17H2,(H2,29,32)(H,30,34). The Kier molecular flexibility index (Phi) is 6.99. The largest absolute Gasteiger partial charge is 0.407 e. The molecule has 0 aromatic heterocycles. The monoisotopic (exact) mass is 498 g/mol. The van der Waals surface area contributed by atoms with Gasteiger partial charge in [0, 0.05) is 41.4 Å². The number of fused-ring (bicyclic) bond motifs is 1. The Hall–Kier alpha value is -4.11. The molecule has 2 aliphatic heterocycles. The van der Waals surface area contributed by atoms with Gasteiger partial charge in [-0.15, -0.1) is 0 Å². The minimum absolute atomic E-state index is 0.130. The number of hydrogen-bond donors (Lipinski definition) is 3. The number of ether oxygens (including phenoxy) is 1. The molecule has 0 aliphatic carbocycles. The van der Waals surface area contributed by atoms with E-state index >= 15 is 0 Å². The molecule has 1 atom stereocenters. The number of carbonyl (C=O) groups excluding carboxylic acids is 1. The first-order valence-electron chi connectivity index (χ1n) is 11.7. The van der Waals surface area contributed by atoms with E-state index < -0.39 is 12.1 Å². The van der Waals surface area contributed by atoms with Crippen LogP contribution in [-0.4, -0.2) is 54.3 Å². The lowest BCUT2D eigenvalue weighted by Crippen LogP contribution is -2.34. The van der Waals surface area contributed by atoms with E-state index in [4.69, 9.17) is 15.9 Å². The third-order valence-electron chi connectivity index (χ3n) is 5.93. The first-order chi connectivity index (χ1) is 17.6. The van der Waals surface area contributed by atoms with E-state index in [0.717, 1.165) is 41.4 Å². The quantitative estimate of drug-likeness (QED) is 0.375. The number of para-hydroxylation sites is 2. The molecule has 1 unspecified atom stereocenters. The number of benzodiazepines with no additional fused rings is 1. The van der Waals surface area contributed by atoms with Gasteiger partial charge in [0.1, 0.15) is 0 Å². The molecule has 0 radical (unpaired) electrons. The van der Waals surface area contributed by atoms with Gasteiger partial charge >= 0.3 is 0 Å². The van der Waals surface area contributed by atoms with E-state index in [-0.39, 0.29) is 11.9 Å². The van der Waals surface area contributed by atoms with E-state index in [2.05, 4.69) is 20.2 Å². The van der Waals surface area contributed by atoms with Crippen molar-refractivity contribution in [3.63, 3.8) is 0 Å². The number of nitrogens with one attached hydrogen (secondary N) is 2. The number of hydrogen-bond acceptors (Lipinski definition) is 7. The highest BCUT2D eigenvalue weighted by molar-refractivity contribution is 7.99. The second kappa shape index (κ2) is 10.7. The van der Waals surface area contributed by atoms with Crippen LogP contribution >= 0.6 is 11.8 Å². The molecule has 2 heterocycles. The Morgan fingerprint density at radius 3 is 2.53 bits per heavy atom. The van der Waals surface area contributed by atoms with Crippen molar-refractivity contribution in [2.45, 2.75) is 6.17 Å². The predicted octanol–water partition coefficient (Wildman–Crippen LogP) is 3.71. The molecule has 8 nitrogen and oxygen atoms in total. The number of thioether (sulfide) groups is 1. The Balaban J connectivity index is 1.43. The van der Waals surface area contributed by atoms with Gasteiger partial charge in [0.25, 0.3) is 11.9 Å². The van der Waals surface area contributed by atoms with Crippen LogP contribution < -0.4 is 16.0 Å². The van der Waals surface area contributed by atoms with Crippen molar-refractivity contribution in [2.75, 3.05) is 34.8 Å². The molecule has 182 valence electrons. The number of carbonyl (C=O) groups is 1. The number of aliphatic imine (C=N–C) groups is 2. The fourth-order valence-corrected chi connectivity index (χ4v) is 5.12. The molecular formula is C27H26N6O2S. The summed E-state index contributed by atoms with van der Waals surface area (Å²) in [5.41, 5.74) is 10.5. The lowest BCUT2D eigenvalue weighted by molar-refractivity contribution is -0.117. The van der Waals surface area contributed by atoms with Crippen LogP contribution in [-0.2, 0) is 9.53 Å². The van der Waals surface area contributed by atoms with Crippen molar-refractivity contribution < 1.29 is 9.53 Å². The number of nitrogens with zero attached hydrogens (tertiary/aromatic N) is 3. The summed E-state index contributed by atoms with van der Waals surface area (Å²) < 4.78 is 5.61. The highest BCUT2D eigenvalue weighted by Crippen LogP contribution is 2.26. The zero-order chi connectivity index (χ0) is 24.9. The Bertz CT molecular complexity index is 1330. The van der Waals surface area contributed by atoms with E-state index in [1.165, 1.54) is 0 Å². The number of benzene rings is 3. The summed E-state index contributed by atoms with van der Waals surface area (Å²) in [7, 11) is 0. The van der Waals surface area contributed by atoms with Crippen LogP contribution in [0.1, 0.15) is 16.7 Å². The summed E-state index contributed by atoms with van der Waals surface area (Å²) in [4.78, 5) is 24.2. The van der Waals surface area contributed by atoms with Crippen LogP contribution in [0.15, 0.2) is 88.8 Å². The SMILES string of the molecule is N=C(O/C(N)=N/C1N=C(c2ccccc2)c2ccccc2NC1=O)c1ccccc1N1CCSCC1. The summed E-state index contributed by atoms with van der Waals surface area (Å²) >= 11 is 1.92. The van der Waals surface area contributed by atoms with Gasteiger partial charge in [-0.1, -0.05) is 60.7 Å². The molecule has 0 spiro atoms. The second-order valence-electron chi connectivity index (χ2n) is 8.27. The van der Waals surface area contributed by atoms with E-state index in [0.29, 0.717) is 17.0 Å². The maximum absolute atomic E-state index is 13.0. The molecule has 1 fully saturated rings. The third-order valence-corrected chi connectivity index (χ3v) is 6.87. The van der Waals surface area contributed by atoms with Crippen molar-refractivity contribution in [2.24, 2.45) is 15.7 Å². The molecule has 5 rings (SSSR count). The lowest BCUT2D eigenvalue weighted by Gasteiger charge is -2.30. The number of amidine groups is 1. The molecule has 1 amide bonds. The topological polar surface area (TPSA) is 116 Å². The van der Waals surface area contributed by atoms with Crippen LogP contribution in [0.4, 0.5) is 11.4 Å². The summed E-state index contributed by atoms with van der Waals surface area (Å²) in [5.74, 6) is 1.51. The van der Waals surface area contributed by atoms with E-state index in [9.17, 15) is 4.79 Å². The minimum Gasteiger partial charge on any atom is -0.407 e. The van der Waals surface area contributed by atoms with Crippen LogP contribution in [0.3, 0.4) is 0 Å². The minimum atomic E-state index is -1.17. The summed E-state index contributed by atoms with van der Waals surface area (Å²) in [5, 5.41) is 11.4. The maximum atomic E-state index is 13.0. The fraction of sp³-hybridized carbons (Fsp3) is 0.185. The molecule has 0 saturated carbocycles. The molecule has 9 heteroatoms. The normalized spacial score (nSPS) is 17.9. The van der Waals surface area contributed by atoms with Gasteiger partial charge in [-0.05, 0) is 18.2 Å². The van der Waals surface area contributed by atoms with Gasteiger partial charge in [-0.25, -0.2) is 4.99 Å². The highest BCUT2D eigenvalue weighted by Gasteiger charge is 2.26. The van der Waals surface area contributed by atoms with E-state index in [1.807, 2.05) is 90.6 Å². The van der Waals surface area contributed by atoms with Crippen molar-refractivity contribution in [3.05, 3.63) is 95.6 Å². The summed E-state index contributed by atoms with van der Waals surface area (Å²) in [6.07, 6.45) is -1.17. The predicted molar refractivity (Wildman–Crippen MR) is 146 cm³/mol. The van der Waals surface area contributed by atoms with Crippen LogP contribution in [0.5, 0.6) is 0 Å². The van der Waals surface area contributed by atoms with Gasteiger partial charge in [0.2, 0.25) is 12.1 Å². The van der Waals surface area contributed by atoms with Gasteiger partial charge in [-0.2, -0.15) is 16.8 Å². The first-order valence-corrected chi connectivity index (χ1v) is 12.8. The number of anilines is 2. The fourth-order valence-electron chi connectivity index (χ4n) is 4.21. The number of nitrogens with two attached hydrogens (primary N) is 1. The van der Waals surface area contributed by atoms with E-state index in [1.54, 1.807) is 0 Å². The van der Waals surface area contributed by atoms with Gasteiger partial charge < -0.3 is 20.7 Å². The Labute approximate surface area is 213 Å². The van der Waals surface area contributed by atoms with Gasteiger partial charge in [0.05, 0.1) is 17.0 Å². The van der Waals surface area contributed by atoms with Crippen molar-refractivity contribution in [1.29, 1.82) is 5.41 Å². The van der Waals surface area contributed by atoms with Gasteiger partial charge in [0.15, 0.2) is 0 Å². The number of rotatable bonds is 4. The Morgan fingerprint density at radius 1 is 1.03 bits per heavy atom. The second-order valence-corrected chi connectivity index (χ2v) is 9.49. The van der Waals surface area contributed by atoms with Crippen molar-refractivity contribution in [3.8, 4) is 0 Å². The smallest absolute Gasteiger partial charge is 0.291 e. The van der Waals surface area contributed by atoms with Crippen LogP contribution in [0.2, 0.25) is 0 Å². The first kappa shape index (κ1) is 23.6. The Morgan fingerprint density at radius 2 is 1.72 bits per heavy atom. The van der Waals surface area contributed by atoms with Crippen LogP contribution in [0, 0.1) is 5.41 Å². The maximum Gasteiger partial charge on any atom is 0.291 e. The number of amides is 1. The van der Waals surface area contributed by atoms with Gasteiger partial charge in [-0.3, -0.25) is 10.2 Å². The molecule has 1 saturated heterocycles. The molecule has 4 N–H and O–H groups in total. The molecule has 2 aliphatic rings. The average Bonchev–Trinajstić information content (AvgIpc) is 3.05. The zero-order valence-electron chi connectivity index (χ0n) is 19.6. The molecule has 3 aromatic carbocycles. The highest BCUT2D eigenvalue weighted by atomic mass is 32.2. The third kappa shape index (κ3) is 5.11. The van der Waals surface area contributed by atoms with Crippen LogP contribution in [0.25, 0.3) is 0 Å². The van der Waals surface area contributed by atoms with Crippen molar-refractivity contribution >= 4 is 46.7 Å². The molecule has 3 aromatic rings. The lowest BCUT2D eigenvalue weighted by atomic mass is 10.0. The average molecular weight is 499 g/mol. The summed E-state index contributed by atoms with van der Waals surface area (Å²) in [6.45, 7) is 1.80. The molecule has 0 bridgehead atoms. The summed E-state index contributed by atoms with van der Waals surface area (Å²) in [6, 6.07) is 24.4. The molecule has 36 heavy (non-hydrogen) atoms.